The molecule has 1 aliphatic rings. The molecule has 1 aliphatic heterocycles. The van der Waals surface area contributed by atoms with Gasteiger partial charge in [0.1, 0.15) is 5.75 Å². The second-order valence-electron chi connectivity index (χ2n) is 6.63. The molecule has 0 atom stereocenters. The van der Waals surface area contributed by atoms with E-state index in [9.17, 15) is 15.0 Å². The zero-order chi connectivity index (χ0) is 19.5. The van der Waals surface area contributed by atoms with Gasteiger partial charge in [0, 0.05) is 17.5 Å². The van der Waals surface area contributed by atoms with Gasteiger partial charge in [0.05, 0.1) is 31.2 Å². The third-order valence-electron chi connectivity index (χ3n) is 4.83. The maximum atomic E-state index is 12.4. The fourth-order valence-corrected chi connectivity index (χ4v) is 3.26. The largest absolute Gasteiger partial charge is 0.493 e. The van der Waals surface area contributed by atoms with Crippen LogP contribution in [0.15, 0.2) is 48.5 Å². The van der Waals surface area contributed by atoms with Gasteiger partial charge >= 0.3 is 0 Å². The normalized spacial score (nSPS) is 12.9. The Labute approximate surface area is 162 Å². The van der Waals surface area contributed by atoms with Crippen molar-refractivity contribution in [2.75, 3.05) is 6.61 Å². The van der Waals surface area contributed by atoms with Crippen molar-refractivity contribution in [3.63, 3.8) is 0 Å². The van der Waals surface area contributed by atoms with E-state index in [0.717, 1.165) is 23.3 Å². The monoisotopic (exact) mass is 376 g/mol. The van der Waals surface area contributed by atoms with E-state index in [1.54, 1.807) is 24.3 Å². The number of H-pyrrole nitrogens is 1. The first-order valence-electron chi connectivity index (χ1n) is 9.05. The van der Waals surface area contributed by atoms with Crippen molar-refractivity contribution in [3.05, 3.63) is 76.5 Å². The third-order valence-corrected chi connectivity index (χ3v) is 4.83. The molecule has 142 valence electrons. The first-order chi connectivity index (χ1) is 13.7. The van der Waals surface area contributed by atoms with Gasteiger partial charge < -0.3 is 14.9 Å². The molecule has 2 heterocycles. The molecular weight excluding hydrogens is 356 g/mol. The molecule has 0 fully saturated rings. The molecule has 0 radical (unpaired) electrons. The van der Waals surface area contributed by atoms with Crippen LogP contribution in [0.1, 0.15) is 32.7 Å². The minimum atomic E-state index is -0.152. The van der Waals surface area contributed by atoms with E-state index in [1.165, 1.54) is 6.08 Å². The molecule has 1 aromatic heterocycles. The predicted molar refractivity (Wildman–Crippen MR) is 105 cm³/mol. The number of aromatic amines is 1. The number of allylic oxidation sites excluding steroid dienone is 1. The standard InChI is InChI=1S/C22H20N2O4/c25-12-17-2-1-14(9-18(17)13-26)20-11-19(23-24-20)4-5-21(27)15-3-6-22-16(10-15)7-8-28-22/h1-6,9-11,25-26H,7-8,12-13H2,(H,23,24)/b5-4+. The summed E-state index contributed by atoms with van der Waals surface area (Å²) in [5.74, 6) is 0.772. The van der Waals surface area contributed by atoms with Gasteiger partial charge in [0.25, 0.3) is 0 Å². The Kier molecular flexibility index (Phi) is 5.06. The number of aromatic nitrogens is 2. The Morgan fingerprint density at radius 3 is 2.79 bits per heavy atom. The summed E-state index contributed by atoms with van der Waals surface area (Å²) in [7, 11) is 0. The van der Waals surface area contributed by atoms with Crippen LogP contribution in [0.2, 0.25) is 0 Å². The van der Waals surface area contributed by atoms with Gasteiger partial charge in [-0.1, -0.05) is 12.1 Å². The van der Waals surface area contributed by atoms with Crippen molar-refractivity contribution < 1.29 is 19.7 Å². The van der Waals surface area contributed by atoms with E-state index in [0.29, 0.717) is 34.7 Å². The van der Waals surface area contributed by atoms with Crippen LogP contribution in [0, 0.1) is 0 Å². The molecular formula is C22H20N2O4. The van der Waals surface area contributed by atoms with Crippen molar-refractivity contribution in [1.29, 1.82) is 0 Å². The smallest absolute Gasteiger partial charge is 0.185 e. The summed E-state index contributed by atoms with van der Waals surface area (Å²) in [4.78, 5) is 12.4. The zero-order valence-corrected chi connectivity index (χ0v) is 15.2. The fourth-order valence-electron chi connectivity index (χ4n) is 3.26. The molecule has 0 amide bonds. The second kappa shape index (κ2) is 7.80. The van der Waals surface area contributed by atoms with Gasteiger partial charge in [-0.2, -0.15) is 5.10 Å². The van der Waals surface area contributed by atoms with Crippen molar-refractivity contribution in [3.8, 4) is 17.0 Å². The van der Waals surface area contributed by atoms with Crippen LogP contribution < -0.4 is 4.74 Å². The molecule has 0 bridgehead atoms. The zero-order valence-electron chi connectivity index (χ0n) is 15.2. The van der Waals surface area contributed by atoms with E-state index in [4.69, 9.17) is 4.74 Å². The van der Waals surface area contributed by atoms with E-state index < -0.39 is 0 Å². The van der Waals surface area contributed by atoms with Gasteiger partial charge in [-0.3, -0.25) is 9.89 Å². The predicted octanol–water partition coefficient (Wildman–Crippen LogP) is 2.89. The number of ether oxygens (including phenoxy) is 1. The summed E-state index contributed by atoms with van der Waals surface area (Å²) < 4.78 is 5.47. The van der Waals surface area contributed by atoms with Gasteiger partial charge in [0.15, 0.2) is 5.78 Å². The summed E-state index contributed by atoms with van der Waals surface area (Å²) >= 11 is 0. The van der Waals surface area contributed by atoms with Gasteiger partial charge in [0.2, 0.25) is 0 Å². The Bertz CT molecular complexity index is 1050. The first kappa shape index (κ1) is 18.2. The lowest BCUT2D eigenvalue weighted by molar-refractivity contribution is 0.104. The number of benzene rings is 2. The fraction of sp³-hybridized carbons (Fsp3) is 0.182. The van der Waals surface area contributed by atoms with Crippen LogP contribution >= 0.6 is 0 Å². The molecule has 0 unspecified atom stereocenters. The molecule has 3 N–H and O–H groups in total. The highest BCUT2D eigenvalue weighted by Crippen LogP contribution is 2.26. The number of hydrogen-bond donors (Lipinski definition) is 3. The number of rotatable bonds is 6. The van der Waals surface area contributed by atoms with Crippen molar-refractivity contribution in [2.24, 2.45) is 0 Å². The Balaban J connectivity index is 1.51. The SMILES string of the molecule is O=C(/C=C/c1cc(-c2ccc(CO)c(CO)c2)n[nH]1)c1ccc2c(c1)CCO2. The van der Waals surface area contributed by atoms with E-state index in [-0.39, 0.29) is 19.0 Å². The molecule has 0 saturated heterocycles. The lowest BCUT2D eigenvalue weighted by atomic mass is 10.0. The lowest BCUT2D eigenvalue weighted by Crippen LogP contribution is -1.95. The first-order valence-corrected chi connectivity index (χ1v) is 9.05. The second-order valence-corrected chi connectivity index (χ2v) is 6.63. The molecule has 6 heteroatoms. The lowest BCUT2D eigenvalue weighted by Gasteiger charge is -2.06. The number of fused-ring (bicyclic) bond motifs is 1. The summed E-state index contributed by atoms with van der Waals surface area (Å²) in [6.07, 6.45) is 4.04. The molecule has 2 aromatic carbocycles. The van der Waals surface area contributed by atoms with Gasteiger partial charge in [-0.05, 0) is 59.2 Å². The van der Waals surface area contributed by atoms with E-state index >= 15 is 0 Å². The minimum Gasteiger partial charge on any atom is -0.493 e. The third kappa shape index (κ3) is 3.60. The highest BCUT2D eigenvalue weighted by Gasteiger charge is 2.14. The average molecular weight is 376 g/mol. The highest BCUT2D eigenvalue weighted by molar-refractivity contribution is 6.07. The molecule has 0 aliphatic carbocycles. The maximum Gasteiger partial charge on any atom is 0.185 e. The summed E-state index contributed by atoms with van der Waals surface area (Å²) in [6, 6.07) is 12.7. The Hall–Kier alpha value is -3.22. The number of ketones is 1. The van der Waals surface area contributed by atoms with E-state index in [2.05, 4.69) is 10.2 Å². The quantitative estimate of drug-likeness (QED) is 0.454. The summed E-state index contributed by atoms with van der Waals surface area (Å²) in [5, 5.41) is 25.9. The summed E-state index contributed by atoms with van der Waals surface area (Å²) in [6.45, 7) is 0.389. The van der Waals surface area contributed by atoms with Crippen molar-refractivity contribution in [2.45, 2.75) is 19.6 Å². The number of nitrogens with zero attached hydrogens (tertiary/aromatic N) is 1. The Morgan fingerprint density at radius 1 is 1.11 bits per heavy atom. The molecule has 0 spiro atoms. The number of aliphatic hydroxyl groups is 2. The minimum absolute atomic E-state index is 0.0827. The molecule has 0 saturated carbocycles. The molecule has 3 aromatic rings. The average Bonchev–Trinajstić information content (AvgIpc) is 3.40. The number of nitrogens with one attached hydrogen (secondary N) is 1. The van der Waals surface area contributed by atoms with Crippen LogP contribution in [0.25, 0.3) is 17.3 Å². The number of aliphatic hydroxyl groups excluding tert-OH is 2. The number of hydrogen-bond acceptors (Lipinski definition) is 5. The summed E-state index contributed by atoms with van der Waals surface area (Å²) in [5.41, 5.74) is 5.26. The van der Waals surface area contributed by atoms with Crippen LogP contribution in [-0.2, 0) is 19.6 Å². The topological polar surface area (TPSA) is 95.4 Å². The van der Waals surface area contributed by atoms with Gasteiger partial charge in [-0.15, -0.1) is 0 Å². The molecule has 28 heavy (non-hydrogen) atoms. The molecule has 6 nitrogen and oxygen atoms in total. The van der Waals surface area contributed by atoms with Crippen LogP contribution in [0.4, 0.5) is 0 Å². The Morgan fingerprint density at radius 2 is 1.96 bits per heavy atom. The maximum absolute atomic E-state index is 12.4. The van der Waals surface area contributed by atoms with Crippen molar-refractivity contribution in [1.82, 2.24) is 10.2 Å². The van der Waals surface area contributed by atoms with Crippen LogP contribution in [0.3, 0.4) is 0 Å². The number of carbonyl (C=O) groups is 1. The van der Waals surface area contributed by atoms with Crippen LogP contribution in [0.5, 0.6) is 5.75 Å². The molecule has 4 rings (SSSR count). The van der Waals surface area contributed by atoms with Crippen LogP contribution in [-0.4, -0.2) is 32.8 Å². The highest BCUT2D eigenvalue weighted by atomic mass is 16.5. The van der Waals surface area contributed by atoms with Crippen molar-refractivity contribution >= 4 is 11.9 Å². The van der Waals surface area contributed by atoms with Gasteiger partial charge in [-0.25, -0.2) is 0 Å². The number of carbonyl (C=O) groups excluding carboxylic acids is 1. The van der Waals surface area contributed by atoms with E-state index in [1.807, 2.05) is 24.3 Å².